The van der Waals surface area contributed by atoms with Crippen LogP contribution in [-0.2, 0) is 5.41 Å². The Balaban J connectivity index is 0.856. The number of rotatable bonds is 8. The van der Waals surface area contributed by atoms with E-state index in [9.17, 15) is 0 Å². The number of hydrogen-bond acceptors (Lipinski definition) is 3. The molecule has 2 unspecified atom stereocenters. The van der Waals surface area contributed by atoms with Crippen LogP contribution in [-0.4, -0.2) is 6.04 Å². The van der Waals surface area contributed by atoms with Crippen molar-refractivity contribution in [3.05, 3.63) is 273 Å². The van der Waals surface area contributed by atoms with Crippen molar-refractivity contribution < 1.29 is 4.42 Å². The first-order chi connectivity index (χ1) is 35.6. The smallest absolute Gasteiger partial charge is 0.143 e. The van der Waals surface area contributed by atoms with Crippen molar-refractivity contribution in [1.29, 1.82) is 0 Å². The molecule has 3 nitrogen and oxygen atoms in total. The summed E-state index contributed by atoms with van der Waals surface area (Å²) in [5.74, 6) is 0. The van der Waals surface area contributed by atoms with Gasteiger partial charge >= 0.3 is 0 Å². The highest BCUT2D eigenvalue weighted by atomic mass is 16.3. The maximum atomic E-state index is 6.66. The van der Waals surface area contributed by atoms with Gasteiger partial charge in [-0.2, -0.15) is 0 Å². The summed E-state index contributed by atoms with van der Waals surface area (Å²) in [6.07, 6.45) is 9.12. The molecule has 0 amide bonds. The molecule has 0 fully saturated rings. The Kier molecular flexibility index (Phi) is 9.72. The highest BCUT2D eigenvalue weighted by molar-refractivity contribution is 6.11. The van der Waals surface area contributed by atoms with Crippen LogP contribution in [0.4, 0.5) is 28.4 Å². The minimum absolute atomic E-state index is 0.119. The van der Waals surface area contributed by atoms with E-state index in [1.807, 2.05) is 6.07 Å². The summed E-state index contributed by atoms with van der Waals surface area (Å²) >= 11 is 0. The standard InChI is InChI=1S/C69H48N2O/c1-69-43-13-12-30-67(69)71(65-28-10-7-25-62(65)69)63-26-8-4-20-57(63)51-18-14-17-49(44-51)46-33-38-53(39-34-46)70(64-27-9-5-21-58(64)60-23-15-24-61-59-22-6-11-29-66(59)72-68(60)61)54-40-35-47(36-41-54)50-37-42-56-52(45-50)32-31-48-16-2-3-19-55(48)56/h2-45,67H,1H3. The fraction of sp³-hybridized carbons (Fsp3) is 0.0435. The van der Waals surface area contributed by atoms with Crippen LogP contribution in [0, 0.1) is 0 Å². The molecule has 3 heteroatoms. The Morgan fingerprint density at radius 2 is 1.01 bits per heavy atom. The summed E-state index contributed by atoms with van der Waals surface area (Å²) in [5.41, 5.74) is 17.9. The number of para-hydroxylation sites is 5. The molecule has 14 rings (SSSR count). The second-order valence-electron chi connectivity index (χ2n) is 19.4. The molecule has 12 aromatic rings. The van der Waals surface area contributed by atoms with Crippen LogP contribution in [0.2, 0.25) is 0 Å². The first-order valence-electron chi connectivity index (χ1n) is 24.9. The molecule has 0 saturated carbocycles. The van der Waals surface area contributed by atoms with Crippen molar-refractivity contribution in [2.24, 2.45) is 0 Å². The fourth-order valence-electron chi connectivity index (χ4n) is 11.8. The first-order valence-corrected chi connectivity index (χ1v) is 24.9. The van der Waals surface area contributed by atoms with Crippen LogP contribution < -0.4 is 9.80 Å². The van der Waals surface area contributed by atoms with E-state index >= 15 is 0 Å². The third kappa shape index (κ3) is 6.73. The number of fused-ring (bicyclic) bond motifs is 9. The van der Waals surface area contributed by atoms with Crippen molar-refractivity contribution in [2.45, 2.75) is 18.4 Å². The lowest BCUT2D eigenvalue weighted by Crippen LogP contribution is -2.39. The van der Waals surface area contributed by atoms with E-state index in [-0.39, 0.29) is 11.5 Å². The molecule has 0 bridgehead atoms. The monoisotopic (exact) mass is 920 g/mol. The summed E-state index contributed by atoms with van der Waals surface area (Å²) in [7, 11) is 0. The van der Waals surface area contributed by atoms with E-state index in [1.165, 1.54) is 60.7 Å². The molecule has 2 atom stereocenters. The van der Waals surface area contributed by atoms with Gasteiger partial charge in [0, 0.05) is 55.6 Å². The van der Waals surface area contributed by atoms with Crippen molar-refractivity contribution in [1.82, 2.24) is 0 Å². The molecule has 0 N–H and O–H groups in total. The van der Waals surface area contributed by atoms with Gasteiger partial charge in [0.1, 0.15) is 11.2 Å². The summed E-state index contributed by atoms with van der Waals surface area (Å²) < 4.78 is 6.66. The Morgan fingerprint density at radius 1 is 0.417 bits per heavy atom. The largest absolute Gasteiger partial charge is 0.455 e. The van der Waals surface area contributed by atoms with Crippen molar-refractivity contribution in [3.8, 4) is 44.5 Å². The van der Waals surface area contributed by atoms with Gasteiger partial charge in [-0.05, 0) is 123 Å². The predicted octanol–water partition coefficient (Wildman–Crippen LogP) is 18.9. The van der Waals surface area contributed by atoms with E-state index in [0.29, 0.717) is 0 Å². The number of anilines is 5. The molecule has 0 spiro atoms. The molecular formula is C69H48N2O. The Hall–Kier alpha value is -9.18. The van der Waals surface area contributed by atoms with Crippen LogP contribution in [0.5, 0.6) is 0 Å². The van der Waals surface area contributed by atoms with Crippen LogP contribution >= 0.6 is 0 Å². The molecule has 1 aliphatic carbocycles. The zero-order valence-corrected chi connectivity index (χ0v) is 39.8. The van der Waals surface area contributed by atoms with Crippen molar-refractivity contribution in [3.63, 3.8) is 0 Å². The number of benzene rings is 11. The van der Waals surface area contributed by atoms with Gasteiger partial charge in [-0.3, -0.25) is 0 Å². The van der Waals surface area contributed by atoms with Crippen LogP contribution in [0.25, 0.3) is 88.0 Å². The number of nitrogens with zero attached hydrogens (tertiary/aromatic N) is 2. The SMILES string of the molecule is CC12C=CC=CC1N(c1ccccc1-c1cccc(-c3ccc(N(c4ccc(-c5ccc6c(ccc7ccccc76)c5)cc4)c4ccccc4-c4cccc5c4oc4ccccc45)cc3)c1)c1ccccc12. The number of furan rings is 1. The number of hydrogen-bond donors (Lipinski definition) is 0. The minimum Gasteiger partial charge on any atom is -0.455 e. The van der Waals surface area contributed by atoms with Gasteiger partial charge in [0.25, 0.3) is 0 Å². The summed E-state index contributed by atoms with van der Waals surface area (Å²) in [6, 6.07) is 88.5. The number of allylic oxidation sites excluding steroid dienone is 2. The Morgan fingerprint density at radius 3 is 1.85 bits per heavy atom. The summed E-state index contributed by atoms with van der Waals surface area (Å²) in [5, 5.41) is 7.27. The summed E-state index contributed by atoms with van der Waals surface area (Å²) in [4.78, 5) is 4.93. The highest BCUT2D eigenvalue weighted by Gasteiger charge is 2.46. The van der Waals surface area contributed by atoms with Crippen molar-refractivity contribution in [2.75, 3.05) is 9.80 Å². The zero-order valence-electron chi connectivity index (χ0n) is 39.8. The molecule has 1 aliphatic heterocycles. The average Bonchev–Trinajstić information content (AvgIpc) is 3.96. The fourth-order valence-corrected chi connectivity index (χ4v) is 11.8. The second-order valence-corrected chi connectivity index (χ2v) is 19.4. The average molecular weight is 921 g/mol. The topological polar surface area (TPSA) is 19.6 Å². The van der Waals surface area contributed by atoms with E-state index < -0.39 is 0 Å². The summed E-state index contributed by atoms with van der Waals surface area (Å²) in [6.45, 7) is 2.37. The highest BCUT2D eigenvalue weighted by Crippen LogP contribution is 2.53. The normalized spacial score (nSPS) is 15.9. The molecule has 72 heavy (non-hydrogen) atoms. The van der Waals surface area contributed by atoms with E-state index in [1.54, 1.807) is 0 Å². The van der Waals surface area contributed by atoms with Gasteiger partial charge in [0.2, 0.25) is 0 Å². The van der Waals surface area contributed by atoms with Gasteiger partial charge in [-0.25, -0.2) is 0 Å². The Labute approximate surface area is 419 Å². The maximum Gasteiger partial charge on any atom is 0.143 e. The third-order valence-corrected chi connectivity index (χ3v) is 15.3. The zero-order chi connectivity index (χ0) is 47.8. The molecule has 340 valence electrons. The van der Waals surface area contributed by atoms with Crippen LogP contribution in [0.1, 0.15) is 12.5 Å². The molecule has 2 heterocycles. The third-order valence-electron chi connectivity index (χ3n) is 15.3. The predicted molar refractivity (Wildman–Crippen MR) is 303 cm³/mol. The van der Waals surface area contributed by atoms with Gasteiger partial charge in [-0.1, -0.05) is 206 Å². The lowest BCUT2D eigenvalue weighted by Gasteiger charge is -2.35. The van der Waals surface area contributed by atoms with Gasteiger partial charge in [0.05, 0.1) is 11.7 Å². The quantitative estimate of drug-likeness (QED) is 0.142. The maximum absolute atomic E-state index is 6.66. The molecule has 0 radical (unpaired) electrons. The Bertz CT molecular complexity index is 4140. The van der Waals surface area contributed by atoms with Gasteiger partial charge in [-0.15, -0.1) is 0 Å². The minimum atomic E-state index is -0.119. The van der Waals surface area contributed by atoms with E-state index in [0.717, 1.165) is 61.3 Å². The van der Waals surface area contributed by atoms with Crippen LogP contribution in [0.3, 0.4) is 0 Å². The lowest BCUT2D eigenvalue weighted by atomic mass is 9.76. The van der Waals surface area contributed by atoms with Crippen molar-refractivity contribution >= 4 is 71.9 Å². The van der Waals surface area contributed by atoms with Gasteiger partial charge < -0.3 is 14.2 Å². The van der Waals surface area contributed by atoms with Crippen LogP contribution in [0.15, 0.2) is 271 Å². The molecule has 0 saturated heterocycles. The molecule has 11 aromatic carbocycles. The molecular weight excluding hydrogens is 873 g/mol. The molecule has 2 aliphatic rings. The lowest BCUT2D eigenvalue weighted by molar-refractivity contribution is 0.551. The van der Waals surface area contributed by atoms with Gasteiger partial charge in [0.15, 0.2) is 0 Å². The molecule has 1 aromatic heterocycles. The second kappa shape index (κ2) is 16.8. The first kappa shape index (κ1) is 41.8. The van der Waals surface area contributed by atoms with E-state index in [2.05, 4.69) is 278 Å². The van der Waals surface area contributed by atoms with E-state index in [4.69, 9.17) is 4.42 Å².